The quantitative estimate of drug-likeness (QED) is 0.726. The molecule has 1 aromatic carbocycles. The standard InChI is InChI=1S/C19H19FN4O2/c1-14-17(19(25)23-10-12-26-13-11-23)18(22-8-2-3-9-22)24(21-14)16-6-4-15(20)5-7-16/h2-9H,10-13H2,1H3. The van der Waals surface area contributed by atoms with Gasteiger partial charge in [0.25, 0.3) is 5.91 Å². The molecule has 1 amide bonds. The number of ether oxygens (including phenoxy) is 1. The lowest BCUT2D eigenvalue weighted by atomic mass is 10.2. The Balaban J connectivity index is 1.86. The first-order valence-electron chi connectivity index (χ1n) is 8.51. The highest BCUT2D eigenvalue weighted by Gasteiger charge is 2.28. The van der Waals surface area contributed by atoms with Gasteiger partial charge >= 0.3 is 0 Å². The van der Waals surface area contributed by atoms with Gasteiger partial charge in [-0.3, -0.25) is 4.79 Å². The van der Waals surface area contributed by atoms with Crippen LogP contribution in [0.3, 0.4) is 0 Å². The fourth-order valence-electron chi connectivity index (χ4n) is 3.17. The van der Waals surface area contributed by atoms with Crippen LogP contribution < -0.4 is 0 Å². The molecular weight excluding hydrogens is 335 g/mol. The number of nitrogens with zero attached hydrogens (tertiary/aromatic N) is 4. The van der Waals surface area contributed by atoms with Crippen molar-refractivity contribution in [1.29, 1.82) is 0 Å². The van der Waals surface area contributed by atoms with Gasteiger partial charge in [-0.25, -0.2) is 9.07 Å². The summed E-state index contributed by atoms with van der Waals surface area (Å²) in [7, 11) is 0. The zero-order valence-corrected chi connectivity index (χ0v) is 14.4. The second-order valence-corrected chi connectivity index (χ2v) is 6.17. The highest BCUT2D eigenvalue weighted by Crippen LogP contribution is 2.25. The zero-order chi connectivity index (χ0) is 18.1. The molecule has 2 aromatic heterocycles. The number of aromatic nitrogens is 3. The lowest BCUT2D eigenvalue weighted by molar-refractivity contribution is 0.0302. The van der Waals surface area contributed by atoms with E-state index in [4.69, 9.17) is 4.74 Å². The Hall–Kier alpha value is -2.93. The molecule has 7 heteroatoms. The number of rotatable bonds is 3. The molecule has 1 aliphatic heterocycles. The number of hydrogen-bond acceptors (Lipinski definition) is 3. The number of amides is 1. The van der Waals surface area contributed by atoms with E-state index >= 15 is 0 Å². The minimum absolute atomic E-state index is 0.0668. The number of aryl methyl sites for hydroxylation is 1. The van der Waals surface area contributed by atoms with Crippen molar-refractivity contribution in [2.75, 3.05) is 26.3 Å². The van der Waals surface area contributed by atoms with Crippen molar-refractivity contribution in [2.45, 2.75) is 6.92 Å². The Morgan fingerprint density at radius 3 is 2.42 bits per heavy atom. The van der Waals surface area contributed by atoms with E-state index in [-0.39, 0.29) is 11.7 Å². The monoisotopic (exact) mass is 354 g/mol. The molecule has 0 N–H and O–H groups in total. The molecule has 26 heavy (non-hydrogen) atoms. The minimum atomic E-state index is -0.315. The Labute approximate surface area is 150 Å². The normalized spacial score (nSPS) is 14.6. The molecule has 0 atom stereocenters. The molecule has 0 radical (unpaired) electrons. The zero-order valence-electron chi connectivity index (χ0n) is 14.4. The number of carbonyl (C=O) groups excluding carboxylic acids is 1. The first kappa shape index (κ1) is 16.5. The van der Waals surface area contributed by atoms with Gasteiger partial charge in [0.05, 0.1) is 24.6 Å². The van der Waals surface area contributed by atoms with Crippen LogP contribution in [0.25, 0.3) is 11.5 Å². The molecule has 0 saturated carbocycles. The molecule has 134 valence electrons. The maximum Gasteiger partial charge on any atom is 0.259 e. The maximum absolute atomic E-state index is 13.3. The van der Waals surface area contributed by atoms with E-state index < -0.39 is 0 Å². The Morgan fingerprint density at radius 2 is 1.77 bits per heavy atom. The van der Waals surface area contributed by atoms with Gasteiger partial charge in [-0.2, -0.15) is 5.10 Å². The molecule has 0 spiro atoms. The van der Waals surface area contributed by atoms with Gasteiger partial charge < -0.3 is 14.2 Å². The summed E-state index contributed by atoms with van der Waals surface area (Å²) in [5.74, 6) is 0.267. The summed E-state index contributed by atoms with van der Waals surface area (Å²) in [6.45, 7) is 4.02. The van der Waals surface area contributed by atoms with E-state index in [1.54, 1.807) is 21.7 Å². The molecule has 0 unspecified atom stereocenters. The second kappa shape index (κ2) is 6.76. The third kappa shape index (κ3) is 2.90. The highest BCUT2D eigenvalue weighted by molar-refractivity contribution is 5.98. The van der Waals surface area contributed by atoms with E-state index in [9.17, 15) is 9.18 Å². The molecule has 3 heterocycles. The van der Waals surface area contributed by atoms with Crippen LogP contribution in [-0.2, 0) is 4.74 Å². The van der Waals surface area contributed by atoms with Gasteiger partial charge in [0.15, 0.2) is 5.82 Å². The fraction of sp³-hybridized carbons (Fsp3) is 0.263. The molecule has 1 aliphatic rings. The molecule has 6 nitrogen and oxygen atoms in total. The SMILES string of the molecule is Cc1nn(-c2ccc(F)cc2)c(-n2cccc2)c1C(=O)N1CCOCC1. The van der Waals surface area contributed by atoms with Crippen molar-refractivity contribution >= 4 is 5.91 Å². The van der Waals surface area contributed by atoms with Gasteiger partial charge in [-0.1, -0.05) is 0 Å². The van der Waals surface area contributed by atoms with Crippen LogP contribution in [0, 0.1) is 12.7 Å². The summed E-state index contributed by atoms with van der Waals surface area (Å²) in [4.78, 5) is 15.0. The van der Waals surface area contributed by atoms with Gasteiger partial charge in [0.1, 0.15) is 11.4 Å². The largest absolute Gasteiger partial charge is 0.378 e. The number of halogens is 1. The summed E-state index contributed by atoms with van der Waals surface area (Å²) in [5, 5.41) is 4.58. The van der Waals surface area contributed by atoms with Gasteiger partial charge in [-0.15, -0.1) is 0 Å². The topological polar surface area (TPSA) is 52.3 Å². The summed E-state index contributed by atoms with van der Waals surface area (Å²) < 4.78 is 22.2. The van der Waals surface area contributed by atoms with Crippen LogP contribution in [0.15, 0.2) is 48.8 Å². The van der Waals surface area contributed by atoms with Crippen molar-refractivity contribution in [3.63, 3.8) is 0 Å². The fourth-order valence-corrected chi connectivity index (χ4v) is 3.17. The molecule has 0 aliphatic carbocycles. The third-order valence-corrected chi connectivity index (χ3v) is 4.47. The molecule has 4 rings (SSSR count). The van der Waals surface area contributed by atoms with E-state index in [2.05, 4.69) is 5.10 Å². The van der Waals surface area contributed by atoms with Crippen molar-refractivity contribution in [2.24, 2.45) is 0 Å². The third-order valence-electron chi connectivity index (χ3n) is 4.47. The predicted molar refractivity (Wildman–Crippen MR) is 94.3 cm³/mol. The summed E-state index contributed by atoms with van der Waals surface area (Å²) in [6.07, 6.45) is 3.74. The maximum atomic E-state index is 13.3. The van der Waals surface area contributed by atoms with E-state index in [0.717, 1.165) is 0 Å². The van der Waals surface area contributed by atoms with Crippen molar-refractivity contribution < 1.29 is 13.9 Å². The van der Waals surface area contributed by atoms with Crippen LogP contribution in [0.2, 0.25) is 0 Å². The van der Waals surface area contributed by atoms with Crippen LogP contribution in [0.4, 0.5) is 4.39 Å². The van der Waals surface area contributed by atoms with E-state index in [0.29, 0.717) is 49.1 Å². The first-order chi connectivity index (χ1) is 12.6. The molecule has 1 saturated heterocycles. The van der Waals surface area contributed by atoms with Crippen LogP contribution in [0.5, 0.6) is 0 Å². The average molecular weight is 354 g/mol. The van der Waals surface area contributed by atoms with E-state index in [1.807, 2.05) is 36.0 Å². The lowest BCUT2D eigenvalue weighted by Crippen LogP contribution is -2.41. The second-order valence-electron chi connectivity index (χ2n) is 6.17. The smallest absolute Gasteiger partial charge is 0.259 e. The summed E-state index contributed by atoms with van der Waals surface area (Å²) in [5.41, 5.74) is 1.88. The van der Waals surface area contributed by atoms with Gasteiger partial charge in [0, 0.05) is 25.5 Å². The molecule has 3 aromatic rings. The van der Waals surface area contributed by atoms with Crippen LogP contribution in [-0.4, -0.2) is 51.5 Å². The number of morpholine rings is 1. The summed E-state index contributed by atoms with van der Waals surface area (Å²) in [6, 6.07) is 9.85. The number of benzene rings is 1. The molecule has 1 fully saturated rings. The van der Waals surface area contributed by atoms with Crippen molar-refractivity contribution in [3.05, 3.63) is 65.9 Å². The number of hydrogen-bond donors (Lipinski definition) is 0. The van der Waals surface area contributed by atoms with Gasteiger partial charge in [0.2, 0.25) is 0 Å². The first-order valence-corrected chi connectivity index (χ1v) is 8.51. The Morgan fingerprint density at radius 1 is 1.12 bits per heavy atom. The van der Waals surface area contributed by atoms with Crippen LogP contribution >= 0.6 is 0 Å². The average Bonchev–Trinajstić information content (AvgIpc) is 3.30. The van der Waals surface area contributed by atoms with Gasteiger partial charge in [-0.05, 0) is 43.3 Å². The van der Waals surface area contributed by atoms with Crippen molar-refractivity contribution in [3.8, 4) is 11.5 Å². The number of carbonyl (C=O) groups is 1. The Bertz CT molecular complexity index is 910. The minimum Gasteiger partial charge on any atom is -0.378 e. The molecule has 0 bridgehead atoms. The Kier molecular flexibility index (Phi) is 4.30. The molecular formula is C19H19FN4O2. The highest BCUT2D eigenvalue weighted by atomic mass is 19.1. The van der Waals surface area contributed by atoms with Crippen LogP contribution in [0.1, 0.15) is 16.1 Å². The lowest BCUT2D eigenvalue weighted by Gasteiger charge is -2.27. The van der Waals surface area contributed by atoms with E-state index in [1.165, 1.54) is 12.1 Å². The van der Waals surface area contributed by atoms with Crippen molar-refractivity contribution in [1.82, 2.24) is 19.2 Å². The predicted octanol–water partition coefficient (Wildman–Crippen LogP) is 2.58. The summed E-state index contributed by atoms with van der Waals surface area (Å²) >= 11 is 0.